The Bertz CT molecular complexity index is 1000. The molecule has 2 rings (SSSR count). The van der Waals surface area contributed by atoms with E-state index in [-0.39, 0.29) is 16.7 Å². The highest BCUT2D eigenvalue weighted by Crippen LogP contribution is 2.28. The van der Waals surface area contributed by atoms with E-state index in [2.05, 4.69) is 16.0 Å². The van der Waals surface area contributed by atoms with E-state index in [1.807, 2.05) is 6.92 Å². The highest BCUT2D eigenvalue weighted by Gasteiger charge is 2.23. The molecule has 30 heavy (non-hydrogen) atoms. The number of amides is 2. The summed E-state index contributed by atoms with van der Waals surface area (Å²) in [5.74, 6) is -0.588. The van der Waals surface area contributed by atoms with Gasteiger partial charge in [0.05, 0.1) is 16.3 Å². The maximum Gasteiger partial charge on any atom is 0.255 e. The summed E-state index contributed by atoms with van der Waals surface area (Å²) in [5, 5.41) is 8.56. The minimum atomic E-state index is -3.66. The number of hydrogen-bond acceptors (Lipinski definition) is 5. The van der Waals surface area contributed by atoms with Gasteiger partial charge in [-0.2, -0.15) is 4.31 Å². The quantitative estimate of drug-likeness (QED) is 0.563. The Morgan fingerprint density at radius 1 is 0.900 bits per heavy atom. The second-order valence-corrected chi connectivity index (χ2v) is 8.48. The van der Waals surface area contributed by atoms with E-state index < -0.39 is 10.0 Å². The largest absolute Gasteiger partial charge is 0.384 e. The van der Waals surface area contributed by atoms with Crippen molar-refractivity contribution in [3.05, 3.63) is 48.0 Å². The standard InChI is InChI=1S/C21H28N4O4S/c1-5-22-19-13-12-18(30(28,29)25(6-2)7-3)14-20(19)24-21(27)16-8-10-17(11-9-16)23-15(4)26/h8-14,22H,5-7H2,1-4H3,(H,23,26)(H,24,27). The van der Waals surface area contributed by atoms with E-state index in [9.17, 15) is 18.0 Å². The number of carbonyl (C=O) groups is 2. The Labute approximate surface area is 177 Å². The van der Waals surface area contributed by atoms with Crippen LogP contribution in [0, 0.1) is 0 Å². The Kier molecular flexibility index (Phi) is 7.96. The SMILES string of the molecule is CCNc1ccc(S(=O)(=O)N(CC)CC)cc1NC(=O)c1ccc(NC(C)=O)cc1. The Morgan fingerprint density at radius 3 is 2.07 bits per heavy atom. The number of nitrogens with zero attached hydrogens (tertiary/aromatic N) is 1. The topological polar surface area (TPSA) is 108 Å². The lowest BCUT2D eigenvalue weighted by Gasteiger charge is -2.20. The second kappa shape index (κ2) is 10.2. The fourth-order valence-electron chi connectivity index (χ4n) is 2.95. The van der Waals surface area contributed by atoms with Crippen LogP contribution in [0.4, 0.5) is 17.1 Å². The second-order valence-electron chi connectivity index (χ2n) is 6.54. The monoisotopic (exact) mass is 432 g/mol. The zero-order chi connectivity index (χ0) is 22.3. The van der Waals surface area contributed by atoms with Crippen molar-refractivity contribution in [1.29, 1.82) is 0 Å². The van der Waals surface area contributed by atoms with Crippen LogP contribution < -0.4 is 16.0 Å². The van der Waals surface area contributed by atoms with Crippen LogP contribution in [0.15, 0.2) is 47.4 Å². The van der Waals surface area contributed by atoms with Gasteiger partial charge in [-0.25, -0.2) is 8.42 Å². The molecule has 9 heteroatoms. The fraction of sp³-hybridized carbons (Fsp3) is 0.333. The van der Waals surface area contributed by atoms with E-state index in [1.54, 1.807) is 44.2 Å². The van der Waals surface area contributed by atoms with Crippen LogP contribution in [0.5, 0.6) is 0 Å². The molecule has 0 aromatic heterocycles. The lowest BCUT2D eigenvalue weighted by Crippen LogP contribution is -2.30. The van der Waals surface area contributed by atoms with Crippen molar-refractivity contribution in [2.24, 2.45) is 0 Å². The molecule has 0 heterocycles. The average Bonchev–Trinajstić information content (AvgIpc) is 2.70. The predicted octanol–water partition coefficient (Wildman–Crippen LogP) is 3.36. The van der Waals surface area contributed by atoms with E-state index in [4.69, 9.17) is 0 Å². The number of rotatable bonds is 9. The normalized spacial score (nSPS) is 11.2. The molecule has 0 saturated heterocycles. The minimum Gasteiger partial charge on any atom is -0.384 e. The summed E-state index contributed by atoms with van der Waals surface area (Å²) in [4.78, 5) is 24.0. The number of carbonyl (C=O) groups excluding carboxylic acids is 2. The molecule has 0 saturated carbocycles. The van der Waals surface area contributed by atoms with E-state index in [0.29, 0.717) is 42.3 Å². The molecular formula is C21H28N4O4S. The van der Waals surface area contributed by atoms with Crippen molar-refractivity contribution in [2.75, 3.05) is 35.6 Å². The van der Waals surface area contributed by atoms with Gasteiger partial charge in [0, 0.05) is 37.8 Å². The van der Waals surface area contributed by atoms with Gasteiger partial charge < -0.3 is 16.0 Å². The lowest BCUT2D eigenvalue weighted by molar-refractivity contribution is -0.114. The molecule has 2 amide bonds. The highest BCUT2D eigenvalue weighted by molar-refractivity contribution is 7.89. The molecule has 0 fully saturated rings. The van der Waals surface area contributed by atoms with Crippen LogP contribution in [0.1, 0.15) is 38.1 Å². The molecule has 0 spiro atoms. The first kappa shape index (κ1) is 23.4. The summed E-state index contributed by atoms with van der Waals surface area (Å²) in [6.45, 7) is 8.19. The van der Waals surface area contributed by atoms with Gasteiger partial charge in [0.15, 0.2) is 0 Å². The Morgan fingerprint density at radius 2 is 1.53 bits per heavy atom. The zero-order valence-corrected chi connectivity index (χ0v) is 18.5. The van der Waals surface area contributed by atoms with Crippen molar-refractivity contribution >= 4 is 38.9 Å². The van der Waals surface area contributed by atoms with E-state index in [0.717, 1.165) is 0 Å². The average molecular weight is 433 g/mol. The predicted molar refractivity (Wildman–Crippen MR) is 119 cm³/mol. The van der Waals surface area contributed by atoms with Crippen molar-refractivity contribution in [1.82, 2.24) is 4.31 Å². The van der Waals surface area contributed by atoms with Crippen molar-refractivity contribution < 1.29 is 18.0 Å². The summed E-state index contributed by atoms with van der Waals surface area (Å²) in [5.41, 5.74) is 1.96. The molecule has 0 aliphatic heterocycles. The molecular weight excluding hydrogens is 404 g/mol. The zero-order valence-electron chi connectivity index (χ0n) is 17.7. The van der Waals surface area contributed by atoms with Crippen LogP contribution in [0.3, 0.4) is 0 Å². The summed E-state index contributed by atoms with van der Waals surface area (Å²) in [7, 11) is -3.66. The van der Waals surface area contributed by atoms with Crippen molar-refractivity contribution in [2.45, 2.75) is 32.6 Å². The first-order chi connectivity index (χ1) is 14.2. The third-order valence-electron chi connectivity index (χ3n) is 4.42. The first-order valence-electron chi connectivity index (χ1n) is 9.80. The molecule has 162 valence electrons. The van der Waals surface area contributed by atoms with Crippen molar-refractivity contribution in [3.63, 3.8) is 0 Å². The van der Waals surface area contributed by atoms with Gasteiger partial charge in [-0.1, -0.05) is 13.8 Å². The molecule has 8 nitrogen and oxygen atoms in total. The Hall–Kier alpha value is -2.91. The van der Waals surface area contributed by atoms with Gasteiger partial charge >= 0.3 is 0 Å². The molecule has 0 aliphatic carbocycles. The van der Waals surface area contributed by atoms with Gasteiger partial charge in [-0.3, -0.25) is 9.59 Å². The van der Waals surface area contributed by atoms with Gasteiger partial charge in [-0.15, -0.1) is 0 Å². The molecule has 0 unspecified atom stereocenters. The van der Waals surface area contributed by atoms with Crippen LogP contribution in [0.25, 0.3) is 0 Å². The third-order valence-corrected chi connectivity index (χ3v) is 6.46. The fourth-order valence-corrected chi connectivity index (χ4v) is 4.43. The minimum absolute atomic E-state index is 0.115. The molecule has 2 aromatic rings. The molecule has 2 aromatic carbocycles. The van der Waals surface area contributed by atoms with E-state index in [1.165, 1.54) is 23.4 Å². The Balaban J connectivity index is 2.34. The van der Waals surface area contributed by atoms with Gasteiger partial charge in [0.2, 0.25) is 15.9 Å². The van der Waals surface area contributed by atoms with Crippen LogP contribution in [-0.4, -0.2) is 44.2 Å². The smallest absolute Gasteiger partial charge is 0.255 e. The maximum atomic E-state index is 12.9. The molecule has 3 N–H and O–H groups in total. The lowest BCUT2D eigenvalue weighted by atomic mass is 10.1. The van der Waals surface area contributed by atoms with Crippen molar-refractivity contribution in [3.8, 4) is 0 Å². The van der Waals surface area contributed by atoms with Crippen LogP contribution >= 0.6 is 0 Å². The number of benzene rings is 2. The maximum absolute atomic E-state index is 12.9. The van der Waals surface area contributed by atoms with Crippen LogP contribution in [0.2, 0.25) is 0 Å². The summed E-state index contributed by atoms with van der Waals surface area (Å²) < 4.78 is 27.1. The highest BCUT2D eigenvalue weighted by atomic mass is 32.2. The van der Waals surface area contributed by atoms with Crippen LogP contribution in [-0.2, 0) is 14.8 Å². The summed E-state index contributed by atoms with van der Waals surface area (Å²) in [6.07, 6.45) is 0. The molecule has 0 bridgehead atoms. The van der Waals surface area contributed by atoms with Gasteiger partial charge in [-0.05, 0) is 49.4 Å². The summed E-state index contributed by atoms with van der Waals surface area (Å²) in [6, 6.07) is 11.1. The molecule has 0 aliphatic rings. The number of anilines is 3. The number of sulfonamides is 1. The molecule has 0 radical (unpaired) electrons. The third kappa shape index (κ3) is 5.58. The van der Waals surface area contributed by atoms with Gasteiger partial charge in [0.25, 0.3) is 5.91 Å². The molecule has 0 atom stereocenters. The number of hydrogen-bond donors (Lipinski definition) is 3. The van der Waals surface area contributed by atoms with E-state index >= 15 is 0 Å². The summed E-state index contributed by atoms with van der Waals surface area (Å²) >= 11 is 0. The number of nitrogens with one attached hydrogen (secondary N) is 3. The van der Waals surface area contributed by atoms with Gasteiger partial charge in [0.1, 0.15) is 0 Å². The first-order valence-corrected chi connectivity index (χ1v) is 11.2.